The molecule has 0 atom stereocenters. The van der Waals surface area contributed by atoms with Crippen molar-refractivity contribution in [2.24, 2.45) is 0 Å². The van der Waals surface area contributed by atoms with Crippen LogP contribution in [0.5, 0.6) is 0 Å². The van der Waals surface area contributed by atoms with E-state index in [1.165, 1.54) is 59.9 Å². The maximum atomic E-state index is 2.39. The third-order valence-corrected chi connectivity index (χ3v) is 4.99. The van der Waals surface area contributed by atoms with Crippen molar-refractivity contribution in [2.45, 2.75) is 51.9 Å². The molecule has 0 N–H and O–H groups in total. The second-order valence-corrected chi connectivity index (χ2v) is 7.29. The van der Waals surface area contributed by atoms with Crippen LogP contribution in [0.2, 0.25) is 0 Å². The van der Waals surface area contributed by atoms with E-state index >= 15 is 0 Å². The molecule has 0 aliphatic rings. The van der Waals surface area contributed by atoms with E-state index in [9.17, 15) is 0 Å². The van der Waals surface area contributed by atoms with Gasteiger partial charge in [-0.05, 0) is 53.5 Å². The Bertz CT molecular complexity index is 769. The second kappa shape index (κ2) is 9.97. The molecule has 3 aromatic carbocycles. The molecular weight excluding hydrogens is 312 g/mol. The summed E-state index contributed by atoms with van der Waals surface area (Å²) in [6, 6.07) is 28.9. The topological polar surface area (TPSA) is 0 Å². The molecule has 0 heterocycles. The van der Waals surface area contributed by atoms with Crippen LogP contribution in [0.25, 0.3) is 0 Å². The van der Waals surface area contributed by atoms with Crippen molar-refractivity contribution in [3.63, 3.8) is 0 Å². The summed E-state index contributed by atoms with van der Waals surface area (Å²) in [5, 5.41) is 0. The first kappa shape index (κ1) is 18.5. The van der Waals surface area contributed by atoms with Crippen LogP contribution >= 0.6 is 0 Å². The van der Waals surface area contributed by atoms with Crippen molar-refractivity contribution >= 4 is 0 Å². The van der Waals surface area contributed by atoms with Gasteiger partial charge in [0.25, 0.3) is 0 Å². The van der Waals surface area contributed by atoms with Gasteiger partial charge in [0.05, 0.1) is 0 Å². The largest absolute Gasteiger partial charge is 0.0654 e. The van der Waals surface area contributed by atoms with Gasteiger partial charge >= 0.3 is 0 Å². The summed E-state index contributed by atoms with van der Waals surface area (Å²) in [6.45, 7) is 2.27. The maximum Gasteiger partial charge on any atom is -0.00257 e. The summed E-state index contributed by atoms with van der Waals surface area (Å²) in [6.07, 6.45) is 8.57. The minimum atomic E-state index is 1.01. The quantitative estimate of drug-likeness (QED) is 0.368. The van der Waals surface area contributed by atoms with Crippen LogP contribution in [0.15, 0.2) is 78.9 Å². The molecule has 3 aromatic rings. The Morgan fingerprint density at radius 3 is 1.77 bits per heavy atom. The third kappa shape index (κ3) is 5.88. The molecular formula is C26H30. The molecule has 0 aromatic heterocycles. The van der Waals surface area contributed by atoms with Crippen LogP contribution in [0.1, 0.15) is 60.4 Å². The van der Waals surface area contributed by atoms with Crippen LogP contribution in [-0.2, 0) is 19.3 Å². The molecule has 0 saturated carbocycles. The van der Waals surface area contributed by atoms with E-state index in [0.29, 0.717) is 0 Å². The van der Waals surface area contributed by atoms with Gasteiger partial charge in [0.2, 0.25) is 0 Å². The SMILES string of the molecule is CCCCCCc1cccc(Cc2ccc(Cc3ccccc3)cc2)c1. The Morgan fingerprint density at radius 1 is 0.500 bits per heavy atom. The first-order valence-corrected chi connectivity index (χ1v) is 10.0. The predicted octanol–water partition coefficient (Wildman–Crippen LogP) is 6.99. The van der Waals surface area contributed by atoms with E-state index in [2.05, 4.69) is 85.8 Å². The van der Waals surface area contributed by atoms with E-state index in [0.717, 1.165) is 12.8 Å². The zero-order valence-electron chi connectivity index (χ0n) is 16.0. The zero-order chi connectivity index (χ0) is 18.0. The number of hydrogen-bond donors (Lipinski definition) is 0. The average Bonchev–Trinajstić information content (AvgIpc) is 2.68. The van der Waals surface area contributed by atoms with Gasteiger partial charge in [-0.25, -0.2) is 0 Å². The molecule has 0 bridgehead atoms. The van der Waals surface area contributed by atoms with Gasteiger partial charge in [0.15, 0.2) is 0 Å². The summed E-state index contributed by atoms with van der Waals surface area (Å²) in [5.74, 6) is 0. The summed E-state index contributed by atoms with van der Waals surface area (Å²) in [4.78, 5) is 0. The van der Waals surface area contributed by atoms with Crippen molar-refractivity contribution in [3.05, 3.63) is 107 Å². The fraction of sp³-hybridized carbons (Fsp3) is 0.308. The van der Waals surface area contributed by atoms with Crippen molar-refractivity contribution < 1.29 is 0 Å². The Kier molecular flexibility index (Phi) is 7.07. The highest BCUT2D eigenvalue weighted by Gasteiger charge is 2.01. The number of hydrogen-bond acceptors (Lipinski definition) is 0. The lowest BCUT2D eigenvalue weighted by molar-refractivity contribution is 0.666. The highest BCUT2D eigenvalue weighted by atomic mass is 14.1. The molecule has 0 spiro atoms. The van der Waals surface area contributed by atoms with Crippen molar-refractivity contribution in [2.75, 3.05) is 0 Å². The van der Waals surface area contributed by atoms with E-state index < -0.39 is 0 Å². The molecule has 0 fully saturated rings. The van der Waals surface area contributed by atoms with Crippen LogP contribution in [0.3, 0.4) is 0 Å². The van der Waals surface area contributed by atoms with Crippen LogP contribution < -0.4 is 0 Å². The Balaban J connectivity index is 1.57. The summed E-state index contributed by atoms with van der Waals surface area (Å²) >= 11 is 0. The standard InChI is InChI=1S/C26H30/c1-2-3-4-6-10-23-13-9-14-26(20-23)21-25-17-15-24(16-18-25)19-22-11-7-5-8-12-22/h5,7-9,11-18,20H,2-4,6,10,19,21H2,1H3. The molecule has 26 heavy (non-hydrogen) atoms. The van der Waals surface area contributed by atoms with E-state index in [1.807, 2.05) is 0 Å². The lowest BCUT2D eigenvalue weighted by atomic mass is 9.98. The molecule has 134 valence electrons. The average molecular weight is 343 g/mol. The highest BCUT2D eigenvalue weighted by Crippen LogP contribution is 2.16. The molecule has 0 saturated heterocycles. The number of aryl methyl sites for hydroxylation is 1. The van der Waals surface area contributed by atoms with Gasteiger partial charge in [-0.1, -0.05) is 105 Å². The smallest absolute Gasteiger partial charge is 0.00257 e. The van der Waals surface area contributed by atoms with Crippen LogP contribution in [0, 0.1) is 0 Å². The fourth-order valence-corrected chi connectivity index (χ4v) is 3.49. The first-order valence-electron chi connectivity index (χ1n) is 10.0. The molecule has 0 nitrogen and oxygen atoms in total. The first-order chi connectivity index (χ1) is 12.8. The van der Waals surface area contributed by atoms with E-state index in [4.69, 9.17) is 0 Å². The summed E-state index contributed by atoms with van der Waals surface area (Å²) in [7, 11) is 0. The lowest BCUT2D eigenvalue weighted by Gasteiger charge is -2.07. The third-order valence-electron chi connectivity index (χ3n) is 4.99. The van der Waals surface area contributed by atoms with Crippen molar-refractivity contribution in [1.29, 1.82) is 0 Å². The molecule has 0 radical (unpaired) electrons. The van der Waals surface area contributed by atoms with E-state index in [-0.39, 0.29) is 0 Å². The van der Waals surface area contributed by atoms with Gasteiger partial charge in [0.1, 0.15) is 0 Å². The van der Waals surface area contributed by atoms with Gasteiger partial charge in [-0.3, -0.25) is 0 Å². The Labute approximate surface area is 158 Å². The highest BCUT2D eigenvalue weighted by molar-refractivity contribution is 5.33. The number of benzene rings is 3. The van der Waals surface area contributed by atoms with E-state index in [1.54, 1.807) is 0 Å². The van der Waals surface area contributed by atoms with Gasteiger partial charge in [-0.2, -0.15) is 0 Å². The molecule has 0 amide bonds. The minimum absolute atomic E-state index is 1.01. The predicted molar refractivity (Wildman–Crippen MR) is 113 cm³/mol. The molecule has 0 aliphatic carbocycles. The van der Waals surface area contributed by atoms with Crippen molar-refractivity contribution in [1.82, 2.24) is 0 Å². The van der Waals surface area contributed by atoms with Gasteiger partial charge < -0.3 is 0 Å². The molecule has 0 unspecified atom stereocenters. The summed E-state index contributed by atoms with van der Waals surface area (Å²) in [5.41, 5.74) is 7.05. The molecule has 3 rings (SSSR count). The molecule has 0 aliphatic heterocycles. The monoisotopic (exact) mass is 342 g/mol. The Hall–Kier alpha value is -2.34. The summed E-state index contributed by atoms with van der Waals surface area (Å²) < 4.78 is 0. The van der Waals surface area contributed by atoms with Crippen LogP contribution in [0.4, 0.5) is 0 Å². The molecule has 0 heteroatoms. The van der Waals surface area contributed by atoms with Gasteiger partial charge in [0, 0.05) is 0 Å². The number of unbranched alkanes of at least 4 members (excludes halogenated alkanes) is 3. The van der Waals surface area contributed by atoms with Crippen LogP contribution in [-0.4, -0.2) is 0 Å². The lowest BCUT2D eigenvalue weighted by Crippen LogP contribution is -1.93. The maximum absolute atomic E-state index is 2.39. The fourth-order valence-electron chi connectivity index (χ4n) is 3.49. The van der Waals surface area contributed by atoms with Gasteiger partial charge in [-0.15, -0.1) is 0 Å². The second-order valence-electron chi connectivity index (χ2n) is 7.29. The Morgan fingerprint density at radius 2 is 1.08 bits per heavy atom. The normalized spacial score (nSPS) is 10.8. The number of rotatable bonds is 9. The van der Waals surface area contributed by atoms with Crippen molar-refractivity contribution in [3.8, 4) is 0 Å². The minimum Gasteiger partial charge on any atom is -0.0654 e. The zero-order valence-corrected chi connectivity index (χ0v) is 16.0.